The quantitative estimate of drug-likeness (QED) is 0.389. The molecule has 0 saturated heterocycles. The fourth-order valence-electron chi connectivity index (χ4n) is 2.78. The number of anilines is 1. The van der Waals surface area contributed by atoms with E-state index in [0.717, 1.165) is 36.5 Å². The van der Waals surface area contributed by atoms with Crippen LogP contribution in [0.4, 0.5) is 32.0 Å². The molecular weight excluding hydrogens is 516 g/mol. The number of rotatable bonds is 8. The Bertz CT molecular complexity index is 1420. The number of pyridine rings is 1. The van der Waals surface area contributed by atoms with E-state index in [-0.39, 0.29) is 11.4 Å². The van der Waals surface area contributed by atoms with Gasteiger partial charge in [-0.2, -0.15) is 0 Å². The first-order valence-electron chi connectivity index (χ1n) is 11.1. The second kappa shape index (κ2) is 10.5. The lowest BCUT2D eigenvalue weighted by atomic mass is 10.1. The summed E-state index contributed by atoms with van der Waals surface area (Å²) in [5, 5.41) is 2.29. The van der Waals surface area contributed by atoms with Gasteiger partial charge >= 0.3 is 12.7 Å². The Morgan fingerprint density at radius 1 is 0.892 bits per heavy atom. The molecular formula is C22H15F6N3O6. The molecule has 3 rings (SSSR count). The standard InChI is InChI=1S/C22H15F6N3O6/c1-34-18-10-13(37-22(26,27)28)3-5-17(18)35-16-4-2-12(36-21(23,24)25)9-14(16)20(33)31-11-6-7-30-15(8-11)19(29)32/h2-10H,1H3,(H2,29,32)(H,30,31,33)/i1D3. The van der Waals surface area contributed by atoms with Crippen molar-refractivity contribution in [3.8, 4) is 28.7 Å². The Labute approximate surface area is 207 Å². The number of hydrogen-bond donors (Lipinski definition) is 2. The van der Waals surface area contributed by atoms with E-state index in [0.29, 0.717) is 12.1 Å². The van der Waals surface area contributed by atoms with Crippen LogP contribution in [0.5, 0.6) is 28.7 Å². The molecule has 0 radical (unpaired) electrons. The summed E-state index contributed by atoms with van der Waals surface area (Å²) in [6.45, 7) is 0. The smallest absolute Gasteiger partial charge is 0.493 e. The number of carbonyl (C=O) groups excluding carboxylic acids is 2. The molecule has 15 heteroatoms. The molecule has 0 unspecified atom stereocenters. The third-order valence-corrected chi connectivity index (χ3v) is 4.18. The van der Waals surface area contributed by atoms with Gasteiger partial charge in [0.15, 0.2) is 11.5 Å². The first-order valence-corrected chi connectivity index (χ1v) is 9.62. The number of nitrogens with two attached hydrogens (primary N) is 1. The Balaban J connectivity index is 2.04. The Hall–Kier alpha value is -4.69. The molecule has 2 aromatic carbocycles. The van der Waals surface area contributed by atoms with Gasteiger partial charge in [-0.3, -0.25) is 14.6 Å². The monoisotopic (exact) mass is 534 g/mol. The first-order chi connectivity index (χ1) is 18.4. The topological polar surface area (TPSA) is 122 Å². The van der Waals surface area contributed by atoms with Gasteiger partial charge in [0.05, 0.1) is 16.7 Å². The summed E-state index contributed by atoms with van der Waals surface area (Å²) >= 11 is 0. The highest BCUT2D eigenvalue weighted by atomic mass is 19.4. The minimum absolute atomic E-state index is 0.0537. The maximum atomic E-state index is 13.0. The van der Waals surface area contributed by atoms with Crippen LogP contribution in [-0.4, -0.2) is 36.6 Å². The molecule has 1 heterocycles. The van der Waals surface area contributed by atoms with Crippen molar-refractivity contribution < 1.29 is 59.0 Å². The minimum Gasteiger partial charge on any atom is -0.493 e. The van der Waals surface area contributed by atoms with Gasteiger partial charge in [-0.05, 0) is 42.5 Å². The van der Waals surface area contributed by atoms with Crippen molar-refractivity contribution in [3.63, 3.8) is 0 Å². The van der Waals surface area contributed by atoms with Crippen molar-refractivity contribution >= 4 is 17.5 Å². The highest BCUT2D eigenvalue weighted by Crippen LogP contribution is 2.38. The van der Waals surface area contributed by atoms with Gasteiger partial charge in [0.25, 0.3) is 11.8 Å². The summed E-state index contributed by atoms with van der Waals surface area (Å²) in [4.78, 5) is 28.1. The summed E-state index contributed by atoms with van der Waals surface area (Å²) < 4.78 is 116. The fraction of sp³-hybridized carbons (Fsp3) is 0.136. The number of ether oxygens (including phenoxy) is 4. The number of nitrogens with one attached hydrogen (secondary N) is 1. The number of halogens is 6. The highest BCUT2D eigenvalue weighted by Gasteiger charge is 2.33. The molecule has 0 spiro atoms. The molecule has 0 aliphatic rings. The minimum atomic E-state index is -5.15. The normalized spacial score (nSPS) is 13.0. The summed E-state index contributed by atoms with van der Waals surface area (Å²) in [7, 11) is -3.18. The van der Waals surface area contributed by atoms with Crippen LogP contribution in [0.15, 0.2) is 54.7 Å². The summed E-state index contributed by atoms with van der Waals surface area (Å²) in [5.41, 5.74) is 4.21. The van der Waals surface area contributed by atoms with Crippen molar-refractivity contribution in [2.75, 3.05) is 12.4 Å². The molecule has 3 aromatic rings. The average molecular weight is 534 g/mol. The number of hydrogen-bond acceptors (Lipinski definition) is 7. The number of aromatic nitrogens is 1. The van der Waals surface area contributed by atoms with Gasteiger partial charge in [-0.1, -0.05) is 0 Å². The van der Waals surface area contributed by atoms with Gasteiger partial charge in [0, 0.05) is 18.0 Å². The lowest BCUT2D eigenvalue weighted by molar-refractivity contribution is -0.275. The molecule has 0 aliphatic carbocycles. The van der Waals surface area contributed by atoms with Gasteiger partial charge < -0.3 is 30.0 Å². The molecule has 2 amide bonds. The molecule has 0 fully saturated rings. The van der Waals surface area contributed by atoms with Crippen LogP contribution in [0.25, 0.3) is 0 Å². The molecule has 0 atom stereocenters. The third kappa shape index (κ3) is 7.65. The maximum absolute atomic E-state index is 13.0. The largest absolute Gasteiger partial charge is 0.573 e. The van der Waals surface area contributed by atoms with Crippen LogP contribution < -0.4 is 30.0 Å². The van der Waals surface area contributed by atoms with Crippen LogP contribution in [0, 0.1) is 0 Å². The lowest BCUT2D eigenvalue weighted by Gasteiger charge is -2.17. The van der Waals surface area contributed by atoms with E-state index < -0.39 is 65.9 Å². The molecule has 3 N–H and O–H groups in total. The molecule has 37 heavy (non-hydrogen) atoms. The summed E-state index contributed by atoms with van der Waals surface area (Å²) in [6.07, 6.45) is -9.17. The lowest BCUT2D eigenvalue weighted by Crippen LogP contribution is -2.19. The van der Waals surface area contributed by atoms with Crippen molar-refractivity contribution in [1.82, 2.24) is 4.98 Å². The Morgan fingerprint density at radius 3 is 2.11 bits per heavy atom. The van der Waals surface area contributed by atoms with Gasteiger partial charge in [0.2, 0.25) is 0 Å². The second-order valence-corrected chi connectivity index (χ2v) is 6.81. The van der Waals surface area contributed by atoms with E-state index in [4.69, 9.17) is 14.6 Å². The summed E-state index contributed by atoms with van der Waals surface area (Å²) in [6, 6.07) is 6.60. The van der Waals surface area contributed by atoms with Crippen LogP contribution in [0.3, 0.4) is 0 Å². The van der Waals surface area contributed by atoms with Crippen molar-refractivity contribution in [2.24, 2.45) is 5.73 Å². The number of amides is 2. The first kappa shape index (κ1) is 22.8. The average Bonchev–Trinajstić information content (AvgIpc) is 2.78. The highest BCUT2D eigenvalue weighted by molar-refractivity contribution is 6.07. The van der Waals surface area contributed by atoms with E-state index in [1.165, 1.54) is 6.07 Å². The second-order valence-electron chi connectivity index (χ2n) is 6.81. The number of carbonyl (C=O) groups is 2. The van der Waals surface area contributed by atoms with Gasteiger partial charge in [0.1, 0.15) is 22.9 Å². The molecule has 0 aliphatic heterocycles. The zero-order valence-corrected chi connectivity index (χ0v) is 17.9. The summed E-state index contributed by atoms with van der Waals surface area (Å²) in [5.74, 6) is -5.64. The molecule has 1 aromatic heterocycles. The SMILES string of the molecule is [2H]C([2H])([2H])Oc1cc(OC(F)(F)F)ccc1Oc1ccc(OC(F)(F)F)cc1C(=O)Nc1ccnc(C(N)=O)c1. The van der Waals surface area contributed by atoms with Crippen molar-refractivity contribution in [3.05, 3.63) is 66.0 Å². The molecule has 9 nitrogen and oxygen atoms in total. The maximum Gasteiger partial charge on any atom is 0.573 e. The number of primary amides is 1. The predicted molar refractivity (Wildman–Crippen MR) is 114 cm³/mol. The van der Waals surface area contributed by atoms with Crippen LogP contribution in [0.2, 0.25) is 0 Å². The van der Waals surface area contributed by atoms with Gasteiger partial charge in [-0.25, -0.2) is 0 Å². The molecule has 0 bridgehead atoms. The number of benzene rings is 2. The van der Waals surface area contributed by atoms with E-state index in [2.05, 4.69) is 24.5 Å². The van der Waals surface area contributed by atoms with E-state index in [9.17, 15) is 35.9 Å². The van der Waals surface area contributed by atoms with Crippen LogP contribution >= 0.6 is 0 Å². The zero-order valence-electron chi connectivity index (χ0n) is 20.9. The van der Waals surface area contributed by atoms with E-state index >= 15 is 0 Å². The van der Waals surface area contributed by atoms with Crippen LogP contribution in [-0.2, 0) is 0 Å². The number of alkyl halides is 6. The van der Waals surface area contributed by atoms with Crippen molar-refractivity contribution in [1.29, 1.82) is 0 Å². The Kier molecular flexibility index (Phi) is 6.46. The van der Waals surface area contributed by atoms with Crippen LogP contribution in [0.1, 0.15) is 25.0 Å². The predicted octanol–water partition coefficient (Wildman–Crippen LogP) is 5.03. The molecule has 196 valence electrons. The third-order valence-electron chi connectivity index (χ3n) is 4.18. The number of methoxy groups -OCH3 is 1. The molecule has 0 saturated carbocycles. The van der Waals surface area contributed by atoms with Gasteiger partial charge in [-0.15, -0.1) is 26.3 Å². The van der Waals surface area contributed by atoms with E-state index in [1.807, 2.05) is 0 Å². The van der Waals surface area contributed by atoms with E-state index in [1.54, 1.807) is 0 Å². The number of nitrogens with zero attached hydrogens (tertiary/aromatic N) is 1. The van der Waals surface area contributed by atoms with Crippen molar-refractivity contribution in [2.45, 2.75) is 12.7 Å². The zero-order chi connectivity index (χ0) is 29.9. The Morgan fingerprint density at radius 2 is 1.51 bits per heavy atom. The fourth-order valence-corrected chi connectivity index (χ4v) is 2.78.